The molecule has 0 spiro atoms. The molecule has 1 atom stereocenters. The number of nitrogens with zero attached hydrogens (tertiary/aromatic N) is 2. The van der Waals surface area contributed by atoms with Gasteiger partial charge in [-0.25, -0.2) is 9.18 Å². The molecule has 0 unspecified atom stereocenters. The van der Waals surface area contributed by atoms with E-state index in [0.717, 1.165) is 6.21 Å². The van der Waals surface area contributed by atoms with Crippen molar-refractivity contribution in [3.05, 3.63) is 64.4 Å². The van der Waals surface area contributed by atoms with E-state index in [9.17, 15) is 14.0 Å². The summed E-state index contributed by atoms with van der Waals surface area (Å²) in [5.74, 6) is -0.569. The molecule has 0 aromatic heterocycles. The lowest BCUT2D eigenvalue weighted by atomic mass is 9.92. The van der Waals surface area contributed by atoms with Crippen molar-refractivity contribution in [3.63, 3.8) is 0 Å². The third kappa shape index (κ3) is 3.01. The van der Waals surface area contributed by atoms with E-state index in [1.165, 1.54) is 25.3 Å². The quantitative estimate of drug-likeness (QED) is 0.658. The molecule has 0 radical (unpaired) electrons. The van der Waals surface area contributed by atoms with E-state index in [4.69, 9.17) is 16.3 Å². The third-order valence-electron chi connectivity index (χ3n) is 4.14. The Bertz CT molecular complexity index is 881. The van der Waals surface area contributed by atoms with Crippen LogP contribution in [0.5, 0.6) is 5.75 Å². The molecule has 0 saturated carbocycles. The molecule has 1 aliphatic heterocycles. The maximum absolute atomic E-state index is 13.8. The van der Waals surface area contributed by atoms with Crippen LogP contribution in [0.3, 0.4) is 0 Å². The Morgan fingerprint density at radius 1 is 1.23 bits per heavy atom. The second-order valence-corrected chi connectivity index (χ2v) is 6.19. The average molecular weight is 376 g/mol. The number of imide groups is 1. The Hall–Kier alpha value is -2.93. The first-order valence-corrected chi connectivity index (χ1v) is 8.04. The first kappa shape index (κ1) is 17.9. The molecule has 3 amide bonds. The van der Waals surface area contributed by atoms with E-state index in [0.29, 0.717) is 16.3 Å². The second kappa shape index (κ2) is 6.76. The molecule has 1 saturated heterocycles. The Labute approximate surface area is 154 Å². The molecule has 8 heteroatoms. The minimum Gasteiger partial charge on any atom is -0.497 e. The number of methoxy groups -OCH3 is 1. The van der Waals surface area contributed by atoms with Gasteiger partial charge in [-0.05, 0) is 36.8 Å². The number of amides is 3. The predicted molar refractivity (Wildman–Crippen MR) is 94.7 cm³/mol. The van der Waals surface area contributed by atoms with Crippen LogP contribution >= 0.6 is 11.6 Å². The molecule has 2 aromatic rings. The fraction of sp³-hybridized carbons (Fsp3) is 0.167. The van der Waals surface area contributed by atoms with Crippen molar-refractivity contribution in [1.29, 1.82) is 0 Å². The van der Waals surface area contributed by atoms with Crippen molar-refractivity contribution in [2.45, 2.75) is 12.5 Å². The van der Waals surface area contributed by atoms with Crippen molar-refractivity contribution < 1.29 is 18.7 Å². The average Bonchev–Trinajstić information content (AvgIpc) is 2.85. The highest BCUT2D eigenvalue weighted by molar-refractivity contribution is 6.33. The number of urea groups is 1. The molecule has 1 heterocycles. The lowest BCUT2D eigenvalue weighted by molar-refractivity contribution is -0.131. The molecule has 1 N–H and O–H groups in total. The van der Waals surface area contributed by atoms with Crippen LogP contribution < -0.4 is 10.1 Å². The van der Waals surface area contributed by atoms with Gasteiger partial charge in [0.05, 0.1) is 18.3 Å². The topological polar surface area (TPSA) is 71.0 Å². The summed E-state index contributed by atoms with van der Waals surface area (Å²) in [6.07, 6.45) is 1.05. The van der Waals surface area contributed by atoms with Crippen LogP contribution in [0.2, 0.25) is 5.02 Å². The molecule has 1 aliphatic rings. The molecule has 1 fully saturated rings. The van der Waals surface area contributed by atoms with Gasteiger partial charge in [0.1, 0.15) is 17.1 Å². The lowest BCUT2D eigenvalue weighted by Crippen LogP contribution is -2.40. The molecule has 3 rings (SSSR count). The highest BCUT2D eigenvalue weighted by atomic mass is 35.5. The van der Waals surface area contributed by atoms with E-state index in [-0.39, 0.29) is 10.6 Å². The van der Waals surface area contributed by atoms with Gasteiger partial charge in [-0.2, -0.15) is 5.10 Å². The van der Waals surface area contributed by atoms with Gasteiger partial charge in [-0.1, -0.05) is 29.8 Å². The molecule has 134 valence electrons. The fourth-order valence-electron chi connectivity index (χ4n) is 2.60. The number of carbonyl (C=O) groups excluding carboxylic acids is 2. The van der Waals surface area contributed by atoms with Crippen molar-refractivity contribution in [2.24, 2.45) is 5.10 Å². The SMILES string of the molecule is COc1ccc([C@]2(C)NC(=O)N(N=Cc3c(F)cccc3Cl)C2=O)cc1. The molecule has 0 aliphatic carbocycles. The monoisotopic (exact) mass is 375 g/mol. The summed E-state index contributed by atoms with van der Waals surface area (Å²) in [5.41, 5.74) is -0.731. The number of rotatable bonds is 4. The summed E-state index contributed by atoms with van der Waals surface area (Å²) in [6.45, 7) is 1.57. The number of nitrogens with one attached hydrogen (secondary N) is 1. The first-order valence-electron chi connectivity index (χ1n) is 7.66. The van der Waals surface area contributed by atoms with E-state index < -0.39 is 23.3 Å². The fourth-order valence-corrected chi connectivity index (χ4v) is 2.81. The van der Waals surface area contributed by atoms with Crippen molar-refractivity contribution in [3.8, 4) is 5.75 Å². The minimum absolute atomic E-state index is 0.00665. The van der Waals surface area contributed by atoms with E-state index >= 15 is 0 Å². The zero-order valence-electron chi connectivity index (χ0n) is 14.0. The number of ether oxygens (including phenoxy) is 1. The highest BCUT2D eigenvalue weighted by Gasteiger charge is 2.49. The maximum Gasteiger partial charge on any atom is 0.346 e. The molecular formula is C18H15ClFN3O3. The van der Waals surface area contributed by atoms with E-state index in [1.807, 2.05) is 0 Å². The van der Waals surface area contributed by atoms with Crippen LogP contribution in [0.15, 0.2) is 47.6 Å². The summed E-state index contributed by atoms with van der Waals surface area (Å²) in [5, 5.41) is 7.22. The molecule has 6 nitrogen and oxygen atoms in total. The van der Waals surface area contributed by atoms with Crippen molar-refractivity contribution in [2.75, 3.05) is 7.11 Å². The highest BCUT2D eigenvalue weighted by Crippen LogP contribution is 2.30. The summed E-state index contributed by atoms with van der Waals surface area (Å²) in [7, 11) is 1.53. The van der Waals surface area contributed by atoms with Gasteiger partial charge in [0, 0.05) is 5.56 Å². The van der Waals surface area contributed by atoms with Gasteiger partial charge in [0.15, 0.2) is 0 Å². The van der Waals surface area contributed by atoms with Crippen LogP contribution in [-0.2, 0) is 10.3 Å². The summed E-state index contributed by atoms with van der Waals surface area (Å²) in [6, 6.07) is 10.2. The molecule has 2 aromatic carbocycles. The number of benzene rings is 2. The molecular weight excluding hydrogens is 361 g/mol. The van der Waals surface area contributed by atoms with Crippen LogP contribution in [0, 0.1) is 5.82 Å². The van der Waals surface area contributed by atoms with Gasteiger partial charge in [-0.15, -0.1) is 5.01 Å². The van der Waals surface area contributed by atoms with Crippen molar-refractivity contribution in [1.82, 2.24) is 10.3 Å². The van der Waals surface area contributed by atoms with E-state index in [1.54, 1.807) is 31.2 Å². The van der Waals surface area contributed by atoms with Crippen LogP contribution in [0.1, 0.15) is 18.1 Å². The largest absolute Gasteiger partial charge is 0.497 e. The van der Waals surface area contributed by atoms with Gasteiger partial charge < -0.3 is 10.1 Å². The number of hydrogen-bond acceptors (Lipinski definition) is 4. The summed E-state index contributed by atoms with van der Waals surface area (Å²) >= 11 is 5.92. The standard InChI is InChI=1S/C18H15ClFN3O3/c1-18(11-6-8-12(26-2)9-7-11)16(24)23(17(25)22-18)21-10-13-14(19)4-3-5-15(13)20/h3-10H,1-2H3,(H,22,25)/t18-/m0/s1. The number of hydrogen-bond donors (Lipinski definition) is 1. The van der Waals surface area contributed by atoms with Crippen LogP contribution in [-0.4, -0.2) is 30.3 Å². The Morgan fingerprint density at radius 2 is 1.92 bits per heavy atom. The van der Waals surface area contributed by atoms with E-state index in [2.05, 4.69) is 10.4 Å². The van der Waals surface area contributed by atoms with Crippen molar-refractivity contribution >= 4 is 29.8 Å². The molecule has 0 bridgehead atoms. The summed E-state index contributed by atoms with van der Waals surface area (Å²) < 4.78 is 18.9. The van der Waals surface area contributed by atoms with Gasteiger partial charge in [0.25, 0.3) is 5.91 Å². The van der Waals surface area contributed by atoms with Crippen LogP contribution in [0.4, 0.5) is 9.18 Å². The number of hydrazone groups is 1. The first-order chi connectivity index (χ1) is 12.4. The maximum atomic E-state index is 13.8. The van der Waals surface area contributed by atoms with Gasteiger partial charge in [-0.3, -0.25) is 4.79 Å². The Balaban J connectivity index is 1.90. The zero-order chi connectivity index (χ0) is 18.9. The number of carbonyl (C=O) groups is 2. The number of halogens is 2. The zero-order valence-corrected chi connectivity index (χ0v) is 14.7. The smallest absolute Gasteiger partial charge is 0.346 e. The normalized spacial score (nSPS) is 19.9. The Kier molecular flexibility index (Phi) is 4.65. The third-order valence-corrected chi connectivity index (χ3v) is 4.47. The van der Waals surface area contributed by atoms with Crippen LogP contribution in [0.25, 0.3) is 0 Å². The lowest BCUT2D eigenvalue weighted by Gasteiger charge is -2.21. The molecule has 26 heavy (non-hydrogen) atoms. The summed E-state index contributed by atoms with van der Waals surface area (Å²) in [4.78, 5) is 25.0. The minimum atomic E-state index is -1.29. The Morgan fingerprint density at radius 3 is 2.54 bits per heavy atom. The van der Waals surface area contributed by atoms with Gasteiger partial charge in [0.2, 0.25) is 0 Å². The van der Waals surface area contributed by atoms with Gasteiger partial charge >= 0.3 is 6.03 Å². The second-order valence-electron chi connectivity index (χ2n) is 5.78. The predicted octanol–water partition coefficient (Wildman–Crippen LogP) is 3.29.